The molecule has 0 saturated carbocycles. The number of hydrogen-bond acceptors (Lipinski definition) is 4. The molecule has 4 nitrogen and oxygen atoms in total. The molecule has 0 spiro atoms. The lowest BCUT2D eigenvalue weighted by atomic mass is 10.3. The number of aromatic nitrogens is 2. The summed E-state index contributed by atoms with van der Waals surface area (Å²) in [7, 11) is 1.89. The number of nitrogens with one attached hydrogen (secondary N) is 1. The van der Waals surface area contributed by atoms with Crippen LogP contribution in [0.2, 0.25) is 0 Å². The fourth-order valence-corrected chi connectivity index (χ4v) is 1.23. The number of hydrogen-bond donors (Lipinski definition) is 1. The fraction of sp³-hybridized carbons (Fsp3) is 0.636. The molecule has 4 heteroatoms. The monoisotopic (exact) mass is 209 g/mol. The van der Waals surface area contributed by atoms with Crippen LogP contribution in [-0.2, 0) is 6.54 Å². The zero-order chi connectivity index (χ0) is 10.9. The van der Waals surface area contributed by atoms with Crippen molar-refractivity contribution in [1.82, 2.24) is 15.5 Å². The van der Waals surface area contributed by atoms with Gasteiger partial charge < -0.3 is 10.1 Å². The standard InChI is InChI=1S/C11H19N3O/c1-3-4-5-8-15-11-7-6-10(9-12-2)13-14-11/h6-7,12H,3-5,8-9H2,1-2H3. The van der Waals surface area contributed by atoms with Gasteiger partial charge in [0.2, 0.25) is 5.88 Å². The first-order chi connectivity index (χ1) is 7.36. The van der Waals surface area contributed by atoms with Crippen molar-refractivity contribution in [2.75, 3.05) is 13.7 Å². The molecular weight excluding hydrogens is 190 g/mol. The van der Waals surface area contributed by atoms with E-state index < -0.39 is 0 Å². The number of rotatable bonds is 7. The Kier molecular flexibility index (Phi) is 5.70. The summed E-state index contributed by atoms with van der Waals surface area (Å²) in [4.78, 5) is 0. The lowest BCUT2D eigenvalue weighted by Gasteiger charge is -2.04. The fourth-order valence-electron chi connectivity index (χ4n) is 1.23. The second-order valence-electron chi connectivity index (χ2n) is 3.45. The predicted octanol–water partition coefficient (Wildman–Crippen LogP) is 1.76. The predicted molar refractivity (Wildman–Crippen MR) is 59.8 cm³/mol. The van der Waals surface area contributed by atoms with E-state index in [0.717, 1.165) is 25.3 Å². The van der Waals surface area contributed by atoms with Gasteiger partial charge in [0.25, 0.3) is 0 Å². The van der Waals surface area contributed by atoms with Crippen molar-refractivity contribution in [3.05, 3.63) is 17.8 Å². The second-order valence-corrected chi connectivity index (χ2v) is 3.45. The van der Waals surface area contributed by atoms with Gasteiger partial charge in [0.1, 0.15) is 0 Å². The molecule has 1 rings (SSSR count). The highest BCUT2D eigenvalue weighted by atomic mass is 16.5. The summed E-state index contributed by atoms with van der Waals surface area (Å²) in [5, 5.41) is 11.0. The zero-order valence-corrected chi connectivity index (χ0v) is 9.49. The number of nitrogens with zero attached hydrogens (tertiary/aromatic N) is 2. The molecule has 0 fully saturated rings. The summed E-state index contributed by atoms with van der Waals surface area (Å²) < 4.78 is 5.45. The van der Waals surface area contributed by atoms with Crippen LogP contribution < -0.4 is 10.1 Å². The molecule has 0 aliphatic heterocycles. The molecule has 0 aliphatic rings. The van der Waals surface area contributed by atoms with E-state index in [-0.39, 0.29) is 0 Å². The van der Waals surface area contributed by atoms with Crippen LogP contribution in [0.3, 0.4) is 0 Å². The third-order valence-electron chi connectivity index (χ3n) is 2.05. The van der Waals surface area contributed by atoms with Gasteiger partial charge in [0.15, 0.2) is 0 Å². The van der Waals surface area contributed by atoms with E-state index in [1.807, 2.05) is 19.2 Å². The zero-order valence-electron chi connectivity index (χ0n) is 9.49. The van der Waals surface area contributed by atoms with E-state index >= 15 is 0 Å². The van der Waals surface area contributed by atoms with Crippen LogP contribution in [-0.4, -0.2) is 23.9 Å². The van der Waals surface area contributed by atoms with Crippen molar-refractivity contribution in [1.29, 1.82) is 0 Å². The summed E-state index contributed by atoms with van der Waals surface area (Å²) in [6.07, 6.45) is 3.48. The van der Waals surface area contributed by atoms with Gasteiger partial charge in [-0.1, -0.05) is 19.8 Å². The average Bonchev–Trinajstić information content (AvgIpc) is 2.27. The molecule has 15 heavy (non-hydrogen) atoms. The van der Waals surface area contributed by atoms with Crippen LogP contribution in [0.25, 0.3) is 0 Å². The van der Waals surface area contributed by atoms with Crippen LogP contribution in [0.15, 0.2) is 12.1 Å². The Hall–Kier alpha value is -1.16. The Balaban J connectivity index is 2.29. The minimum absolute atomic E-state index is 0.617. The summed E-state index contributed by atoms with van der Waals surface area (Å²) in [6.45, 7) is 3.64. The van der Waals surface area contributed by atoms with Crippen molar-refractivity contribution in [3.63, 3.8) is 0 Å². The van der Waals surface area contributed by atoms with Gasteiger partial charge in [0.05, 0.1) is 12.3 Å². The highest BCUT2D eigenvalue weighted by Gasteiger charge is 1.97. The summed E-state index contributed by atoms with van der Waals surface area (Å²) in [6, 6.07) is 3.80. The molecule has 0 bridgehead atoms. The van der Waals surface area contributed by atoms with Crippen molar-refractivity contribution in [2.45, 2.75) is 32.7 Å². The van der Waals surface area contributed by atoms with Crippen molar-refractivity contribution in [2.24, 2.45) is 0 Å². The Morgan fingerprint density at radius 2 is 2.13 bits per heavy atom. The maximum absolute atomic E-state index is 5.45. The van der Waals surface area contributed by atoms with Crippen LogP contribution in [0.1, 0.15) is 31.9 Å². The van der Waals surface area contributed by atoms with E-state index in [1.165, 1.54) is 12.8 Å². The highest BCUT2D eigenvalue weighted by Crippen LogP contribution is 2.05. The molecule has 0 amide bonds. The van der Waals surface area contributed by atoms with Crippen LogP contribution in [0.5, 0.6) is 5.88 Å². The first-order valence-electron chi connectivity index (χ1n) is 5.46. The van der Waals surface area contributed by atoms with Gasteiger partial charge in [-0.05, 0) is 19.5 Å². The average molecular weight is 209 g/mol. The van der Waals surface area contributed by atoms with E-state index in [1.54, 1.807) is 0 Å². The second kappa shape index (κ2) is 7.17. The maximum atomic E-state index is 5.45. The van der Waals surface area contributed by atoms with E-state index in [2.05, 4.69) is 22.4 Å². The topological polar surface area (TPSA) is 47.0 Å². The van der Waals surface area contributed by atoms with Crippen molar-refractivity contribution in [3.8, 4) is 5.88 Å². The molecule has 0 aromatic carbocycles. The summed E-state index contributed by atoms with van der Waals surface area (Å²) in [5.41, 5.74) is 0.929. The molecule has 0 unspecified atom stereocenters. The van der Waals surface area contributed by atoms with Gasteiger partial charge in [-0.3, -0.25) is 0 Å². The Labute approximate surface area is 91.1 Å². The van der Waals surface area contributed by atoms with E-state index in [0.29, 0.717) is 5.88 Å². The van der Waals surface area contributed by atoms with Crippen LogP contribution in [0.4, 0.5) is 0 Å². The van der Waals surface area contributed by atoms with Gasteiger partial charge in [0, 0.05) is 12.6 Å². The molecule has 1 heterocycles. The molecule has 0 aliphatic carbocycles. The molecule has 1 N–H and O–H groups in total. The summed E-state index contributed by atoms with van der Waals surface area (Å²) >= 11 is 0. The molecule has 1 aromatic rings. The highest BCUT2D eigenvalue weighted by molar-refractivity contribution is 5.11. The van der Waals surface area contributed by atoms with Crippen LogP contribution >= 0.6 is 0 Å². The smallest absolute Gasteiger partial charge is 0.233 e. The minimum atomic E-state index is 0.617. The minimum Gasteiger partial charge on any atom is -0.477 e. The first-order valence-corrected chi connectivity index (χ1v) is 5.46. The third-order valence-corrected chi connectivity index (χ3v) is 2.05. The molecular formula is C11H19N3O. The van der Waals surface area contributed by atoms with Crippen LogP contribution in [0, 0.1) is 0 Å². The maximum Gasteiger partial charge on any atom is 0.233 e. The van der Waals surface area contributed by atoms with Gasteiger partial charge >= 0.3 is 0 Å². The van der Waals surface area contributed by atoms with E-state index in [4.69, 9.17) is 4.74 Å². The Bertz CT molecular complexity index is 261. The largest absolute Gasteiger partial charge is 0.477 e. The molecule has 1 aromatic heterocycles. The van der Waals surface area contributed by atoms with Gasteiger partial charge in [-0.15, -0.1) is 5.10 Å². The third kappa shape index (κ3) is 4.74. The normalized spacial score (nSPS) is 10.3. The van der Waals surface area contributed by atoms with Gasteiger partial charge in [-0.25, -0.2) is 0 Å². The molecule has 0 radical (unpaired) electrons. The lowest BCUT2D eigenvalue weighted by Crippen LogP contribution is -2.08. The molecule has 84 valence electrons. The number of ether oxygens (including phenoxy) is 1. The quantitative estimate of drug-likeness (QED) is 0.695. The Morgan fingerprint density at radius 3 is 2.73 bits per heavy atom. The lowest BCUT2D eigenvalue weighted by molar-refractivity contribution is 0.291. The van der Waals surface area contributed by atoms with Gasteiger partial charge in [-0.2, -0.15) is 5.10 Å². The first kappa shape index (κ1) is 11.9. The SMILES string of the molecule is CCCCCOc1ccc(CNC)nn1. The van der Waals surface area contributed by atoms with E-state index in [9.17, 15) is 0 Å². The van der Waals surface area contributed by atoms with Crippen molar-refractivity contribution >= 4 is 0 Å². The Morgan fingerprint density at radius 1 is 1.27 bits per heavy atom. The van der Waals surface area contributed by atoms with Crippen molar-refractivity contribution < 1.29 is 4.74 Å². The summed E-state index contributed by atoms with van der Waals surface area (Å²) in [5.74, 6) is 0.617. The number of unbranched alkanes of at least 4 members (excludes halogenated alkanes) is 2. The molecule has 0 atom stereocenters. The molecule has 0 saturated heterocycles.